The van der Waals surface area contributed by atoms with Gasteiger partial charge in [-0.15, -0.1) is 0 Å². The van der Waals surface area contributed by atoms with Crippen molar-refractivity contribution in [2.75, 3.05) is 5.75 Å². The summed E-state index contributed by atoms with van der Waals surface area (Å²) in [6, 6.07) is 0. The lowest BCUT2D eigenvalue weighted by Crippen LogP contribution is -2.16. The van der Waals surface area contributed by atoms with Gasteiger partial charge < -0.3 is 5.11 Å². The maximum absolute atomic E-state index is 10.5. The summed E-state index contributed by atoms with van der Waals surface area (Å²) in [4.78, 5) is 9.25. The van der Waals surface area contributed by atoms with Crippen molar-refractivity contribution in [3.8, 4) is 0 Å². The van der Waals surface area contributed by atoms with E-state index < -0.39 is 16.0 Å². The summed E-state index contributed by atoms with van der Waals surface area (Å²) in [5.74, 6) is -0.843. The van der Waals surface area contributed by atoms with Gasteiger partial charge in [-0.3, -0.25) is 4.70 Å². The van der Waals surface area contributed by atoms with E-state index in [1.165, 1.54) is 19.3 Å². The van der Waals surface area contributed by atoms with Gasteiger partial charge in [0.1, 0.15) is 0 Å². The van der Waals surface area contributed by atoms with E-state index in [9.17, 15) is 13.2 Å². The van der Waals surface area contributed by atoms with Crippen LogP contribution in [0.2, 0.25) is 0 Å². The number of carboxylic acids is 1. The molecule has 0 saturated carbocycles. The molecule has 0 rings (SSSR count). The Morgan fingerprint density at radius 3 is 1.94 bits per heavy atom. The highest BCUT2D eigenvalue weighted by Gasteiger charge is 2.00. The molecule has 0 aromatic rings. The lowest BCUT2D eigenvalue weighted by molar-refractivity contribution is -0.131. The van der Waals surface area contributed by atoms with Gasteiger partial charge >= 0.3 is 5.97 Å². The number of halogens is 1. The molecule has 0 aromatic carbocycles. The fourth-order valence-corrected chi connectivity index (χ4v) is 1.69. The molecule has 18 heavy (non-hydrogen) atoms. The molecule has 0 fully saturated rings. The second-order valence-corrected chi connectivity index (χ2v) is 5.41. The van der Waals surface area contributed by atoms with Gasteiger partial charge in [-0.25, -0.2) is 18.4 Å². The number of unbranched alkanes of at least 4 members (excludes halogenated alkanes) is 5. The number of carboxylic acid groups (broad SMARTS) is 1. The summed E-state index contributed by atoms with van der Waals surface area (Å²) in [5.41, 5.74) is 0. The van der Waals surface area contributed by atoms with E-state index in [4.69, 9.17) is 10.2 Å². The highest BCUT2D eigenvalue weighted by molar-refractivity contribution is 7.89. The number of aliphatic carboxylic acids is 1. The standard InChI is InChI=1S/C8H19NO2S.C3H4O2.FH/c1-2-3-4-5-6-7-8-12(9,10)11;1-2-3(4)5;/h2-8H2,1H3,(H2,9,10,11);2H,1H2,(H,4,5);1H. The van der Waals surface area contributed by atoms with Crippen LogP contribution in [-0.2, 0) is 14.8 Å². The molecule has 0 radical (unpaired) electrons. The van der Waals surface area contributed by atoms with Crippen LogP contribution in [0.5, 0.6) is 0 Å². The first-order chi connectivity index (χ1) is 7.83. The zero-order valence-electron chi connectivity index (χ0n) is 10.8. The normalized spacial score (nSPS) is 9.67. The Kier molecular flexibility index (Phi) is 17.4. The summed E-state index contributed by atoms with van der Waals surface area (Å²) in [7, 11) is -3.22. The minimum Gasteiger partial charge on any atom is -0.478 e. The lowest BCUT2D eigenvalue weighted by atomic mass is 10.1. The van der Waals surface area contributed by atoms with E-state index >= 15 is 0 Å². The quantitative estimate of drug-likeness (QED) is 0.526. The Hall–Kier alpha value is -0.950. The van der Waals surface area contributed by atoms with Gasteiger partial charge in [0.05, 0.1) is 5.75 Å². The average molecular weight is 285 g/mol. The predicted molar refractivity (Wildman–Crippen MR) is 71.7 cm³/mol. The van der Waals surface area contributed by atoms with Crippen LogP contribution in [0.25, 0.3) is 0 Å². The highest BCUT2D eigenvalue weighted by atomic mass is 32.2. The fourth-order valence-electron chi connectivity index (χ4n) is 1.08. The lowest BCUT2D eigenvalue weighted by Gasteiger charge is -1.98. The molecule has 0 amide bonds. The van der Waals surface area contributed by atoms with Crippen molar-refractivity contribution in [3.05, 3.63) is 12.7 Å². The molecule has 110 valence electrons. The summed E-state index contributed by atoms with van der Waals surface area (Å²) in [5, 5.41) is 12.5. The van der Waals surface area contributed by atoms with Crippen LogP contribution < -0.4 is 5.14 Å². The van der Waals surface area contributed by atoms with Crippen LogP contribution in [0.3, 0.4) is 0 Å². The van der Waals surface area contributed by atoms with Crippen molar-refractivity contribution in [1.82, 2.24) is 0 Å². The van der Waals surface area contributed by atoms with Crippen LogP contribution in [0, 0.1) is 0 Å². The number of hydrogen-bond acceptors (Lipinski definition) is 3. The highest BCUT2D eigenvalue weighted by Crippen LogP contribution is 2.05. The molecule has 0 bridgehead atoms. The molecule has 5 nitrogen and oxygen atoms in total. The van der Waals surface area contributed by atoms with E-state index in [0.29, 0.717) is 6.42 Å². The Morgan fingerprint density at radius 2 is 1.61 bits per heavy atom. The predicted octanol–water partition coefficient (Wildman–Crippen LogP) is 2.04. The second-order valence-electron chi connectivity index (χ2n) is 3.68. The maximum Gasteiger partial charge on any atom is 0.327 e. The molecule has 0 unspecified atom stereocenters. The van der Waals surface area contributed by atoms with Crippen molar-refractivity contribution < 1.29 is 23.0 Å². The van der Waals surface area contributed by atoms with Crippen molar-refractivity contribution in [2.45, 2.75) is 45.4 Å². The first-order valence-electron chi connectivity index (χ1n) is 5.69. The van der Waals surface area contributed by atoms with Gasteiger partial charge in [-0.1, -0.05) is 45.6 Å². The van der Waals surface area contributed by atoms with Crippen molar-refractivity contribution in [2.24, 2.45) is 5.14 Å². The zero-order chi connectivity index (χ0) is 13.7. The molecule has 7 heteroatoms. The number of rotatable bonds is 8. The molecular formula is C11H24FNO4S. The van der Waals surface area contributed by atoms with Gasteiger partial charge in [-0.05, 0) is 6.42 Å². The topological polar surface area (TPSA) is 97.5 Å². The van der Waals surface area contributed by atoms with Crippen molar-refractivity contribution in [1.29, 1.82) is 0 Å². The molecule has 0 aliphatic carbocycles. The first kappa shape index (κ1) is 22.2. The molecule has 0 aliphatic rings. The summed E-state index contributed by atoms with van der Waals surface area (Å²) < 4.78 is 21.0. The molecular weight excluding hydrogens is 261 g/mol. The zero-order valence-corrected chi connectivity index (χ0v) is 11.6. The average Bonchev–Trinajstić information content (AvgIpc) is 2.22. The Bertz CT molecular complexity index is 304. The van der Waals surface area contributed by atoms with E-state index in [1.807, 2.05) is 0 Å². The number of primary sulfonamides is 1. The third kappa shape index (κ3) is 29.4. The maximum atomic E-state index is 10.5. The van der Waals surface area contributed by atoms with E-state index in [2.05, 4.69) is 13.5 Å². The van der Waals surface area contributed by atoms with Gasteiger partial charge in [-0.2, -0.15) is 0 Å². The molecule has 0 heterocycles. The van der Waals surface area contributed by atoms with Crippen LogP contribution in [-0.4, -0.2) is 25.2 Å². The Morgan fingerprint density at radius 1 is 1.22 bits per heavy atom. The van der Waals surface area contributed by atoms with E-state index in [1.54, 1.807) is 0 Å². The molecule has 3 N–H and O–H groups in total. The van der Waals surface area contributed by atoms with Gasteiger partial charge in [0.15, 0.2) is 0 Å². The molecule has 0 atom stereocenters. The van der Waals surface area contributed by atoms with E-state index in [0.717, 1.165) is 18.9 Å². The molecule has 0 spiro atoms. The van der Waals surface area contributed by atoms with E-state index in [-0.39, 0.29) is 10.5 Å². The second kappa shape index (κ2) is 14.1. The number of hydrogen-bond donors (Lipinski definition) is 2. The summed E-state index contributed by atoms with van der Waals surface area (Å²) in [6.07, 6.45) is 7.33. The first-order valence-corrected chi connectivity index (χ1v) is 7.40. The van der Waals surface area contributed by atoms with Crippen LogP contribution in [0.1, 0.15) is 45.4 Å². The van der Waals surface area contributed by atoms with Gasteiger partial charge in [0.25, 0.3) is 0 Å². The van der Waals surface area contributed by atoms with Crippen molar-refractivity contribution in [3.63, 3.8) is 0 Å². The fraction of sp³-hybridized carbons (Fsp3) is 0.727. The third-order valence-corrected chi connectivity index (χ3v) is 2.81. The Labute approximate surface area is 108 Å². The number of nitrogens with two attached hydrogens (primary N) is 1. The molecule has 0 aliphatic heterocycles. The monoisotopic (exact) mass is 285 g/mol. The van der Waals surface area contributed by atoms with Crippen molar-refractivity contribution >= 4 is 16.0 Å². The van der Waals surface area contributed by atoms with Crippen LogP contribution >= 0.6 is 0 Å². The molecule has 0 saturated heterocycles. The van der Waals surface area contributed by atoms with Crippen LogP contribution in [0.15, 0.2) is 12.7 Å². The Balaban J connectivity index is -0.000000321. The van der Waals surface area contributed by atoms with Crippen LogP contribution in [0.4, 0.5) is 4.70 Å². The summed E-state index contributed by atoms with van der Waals surface area (Å²) >= 11 is 0. The van der Waals surface area contributed by atoms with Gasteiger partial charge in [0, 0.05) is 6.08 Å². The largest absolute Gasteiger partial charge is 0.478 e. The smallest absolute Gasteiger partial charge is 0.327 e. The SMILES string of the molecule is C=CC(=O)O.CCCCCCCCS(N)(=O)=O.F. The number of sulfonamides is 1. The van der Waals surface area contributed by atoms with Gasteiger partial charge in [0.2, 0.25) is 10.0 Å². The molecule has 0 aromatic heterocycles. The number of carbonyl (C=O) groups is 1. The third-order valence-electron chi connectivity index (χ3n) is 1.96. The summed E-state index contributed by atoms with van der Waals surface area (Å²) in [6.45, 7) is 5.12. The minimum absolute atomic E-state index is 0. The minimum atomic E-state index is -3.22.